The SMILES string of the molecule is CNC(c1cc(F)c(Br)cc1F)c1cccc(C)c1F. The molecular formula is C15H13BrF3N. The molecule has 0 amide bonds. The minimum atomic E-state index is -0.752. The second kappa shape index (κ2) is 5.97. The highest BCUT2D eigenvalue weighted by molar-refractivity contribution is 9.10. The molecule has 0 radical (unpaired) electrons. The lowest BCUT2D eigenvalue weighted by Gasteiger charge is -2.19. The summed E-state index contributed by atoms with van der Waals surface area (Å²) in [5, 5.41) is 2.83. The lowest BCUT2D eigenvalue weighted by Crippen LogP contribution is -2.21. The molecule has 0 saturated heterocycles. The van der Waals surface area contributed by atoms with Crippen LogP contribution in [0.5, 0.6) is 0 Å². The van der Waals surface area contributed by atoms with Gasteiger partial charge < -0.3 is 5.32 Å². The molecule has 1 nitrogen and oxygen atoms in total. The Labute approximate surface area is 123 Å². The first kappa shape index (κ1) is 15.1. The zero-order valence-corrected chi connectivity index (χ0v) is 12.6. The number of aryl methyl sites for hydroxylation is 1. The van der Waals surface area contributed by atoms with Gasteiger partial charge in [0.1, 0.15) is 17.5 Å². The van der Waals surface area contributed by atoms with E-state index in [4.69, 9.17) is 0 Å². The Morgan fingerprint density at radius 3 is 2.40 bits per heavy atom. The first-order valence-electron chi connectivity index (χ1n) is 6.02. The smallest absolute Gasteiger partial charge is 0.137 e. The normalized spacial score (nSPS) is 12.5. The van der Waals surface area contributed by atoms with Crippen LogP contribution in [0.1, 0.15) is 22.7 Å². The van der Waals surface area contributed by atoms with Crippen molar-refractivity contribution in [2.24, 2.45) is 0 Å². The van der Waals surface area contributed by atoms with E-state index < -0.39 is 23.5 Å². The molecule has 1 N–H and O–H groups in total. The van der Waals surface area contributed by atoms with Crippen LogP contribution >= 0.6 is 15.9 Å². The number of hydrogen-bond acceptors (Lipinski definition) is 1. The van der Waals surface area contributed by atoms with Crippen LogP contribution in [0.15, 0.2) is 34.8 Å². The predicted octanol–water partition coefficient (Wildman–Crippen LogP) is 4.48. The fourth-order valence-electron chi connectivity index (χ4n) is 2.13. The van der Waals surface area contributed by atoms with Gasteiger partial charge in [-0.25, -0.2) is 13.2 Å². The number of hydrogen-bond donors (Lipinski definition) is 1. The van der Waals surface area contributed by atoms with Gasteiger partial charge in [0.15, 0.2) is 0 Å². The Morgan fingerprint density at radius 2 is 1.75 bits per heavy atom. The van der Waals surface area contributed by atoms with Crippen LogP contribution in [0.2, 0.25) is 0 Å². The van der Waals surface area contributed by atoms with Crippen molar-refractivity contribution in [3.8, 4) is 0 Å². The van der Waals surface area contributed by atoms with E-state index in [-0.39, 0.29) is 15.6 Å². The first-order valence-corrected chi connectivity index (χ1v) is 6.81. The maximum absolute atomic E-state index is 14.2. The molecule has 20 heavy (non-hydrogen) atoms. The van der Waals surface area contributed by atoms with Crippen molar-refractivity contribution in [2.45, 2.75) is 13.0 Å². The van der Waals surface area contributed by atoms with Crippen molar-refractivity contribution < 1.29 is 13.2 Å². The van der Waals surface area contributed by atoms with Crippen molar-refractivity contribution in [1.29, 1.82) is 0 Å². The molecule has 2 aromatic carbocycles. The standard InChI is InChI=1S/C15H13BrF3N/c1-8-4-3-5-9(14(8)19)15(20-2)10-6-13(18)11(16)7-12(10)17/h3-7,15,20H,1-2H3. The van der Waals surface area contributed by atoms with Crippen molar-refractivity contribution in [3.05, 3.63) is 68.9 Å². The summed E-state index contributed by atoms with van der Waals surface area (Å²) in [7, 11) is 1.58. The fourth-order valence-corrected chi connectivity index (χ4v) is 2.45. The first-order chi connectivity index (χ1) is 9.45. The van der Waals surface area contributed by atoms with Crippen LogP contribution in [0.4, 0.5) is 13.2 Å². The summed E-state index contributed by atoms with van der Waals surface area (Å²) >= 11 is 2.92. The molecule has 0 aliphatic heterocycles. The van der Waals surface area contributed by atoms with Gasteiger partial charge in [0.05, 0.1) is 10.5 Å². The van der Waals surface area contributed by atoms with E-state index in [9.17, 15) is 13.2 Å². The summed E-state index contributed by atoms with van der Waals surface area (Å²) in [6.07, 6.45) is 0. The van der Waals surface area contributed by atoms with E-state index >= 15 is 0 Å². The molecule has 5 heteroatoms. The van der Waals surface area contributed by atoms with Gasteiger partial charge in [-0.2, -0.15) is 0 Å². The third-order valence-corrected chi connectivity index (χ3v) is 3.78. The number of benzene rings is 2. The molecule has 0 bridgehead atoms. The second-order valence-electron chi connectivity index (χ2n) is 4.49. The van der Waals surface area contributed by atoms with Crippen molar-refractivity contribution >= 4 is 15.9 Å². The van der Waals surface area contributed by atoms with Crippen molar-refractivity contribution in [1.82, 2.24) is 5.32 Å². The van der Waals surface area contributed by atoms with Crippen LogP contribution < -0.4 is 5.32 Å². The van der Waals surface area contributed by atoms with Gasteiger partial charge in [-0.05, 0) is 47.6 Å². The van der Waals surface area contributed by atoms with Crippen LogP contribution in [-0.2, 0) is 0 Å². The van der Waals surface area contributed by atoms with Gasteiger partial charge in [-0.15, -0.1) is 0 Å². The summed E-state index contributed by atoms with van der Waals surface area (Å²) in [4.78, 5) is 0. The minimum absolute atomic E-state index is 0.0401. The third-order valence-electron chi connectivity index (χ3n) is 3.17. The van der Waals surface area contributed by atoms with Crippen molar-refractivity contribution in [2.75, 3.05) is 7.05 Å². The molecular weight excluding hydrogens is 331 g/mol. The topological polar surface area (TPSA) is 12.0 Å². The van der Waals surface area contributed by atoms with Gasteiger partial charge in [-0.1, -0.05) is 18.2 Å². The molecule has 2 aromatic rings. The summed E-state index contributed by atoms with van der Waals surface area (Å²) in [5.74, 6) is -1.61. The molecule has 1 atom stereocenters. The van der Waals surface area contributed by atoms with Crippen LogP contribution in [0, 0.1) is 24.4 Å². The lowest BCUT2D eigenvalue weighted by molar-refractivity contribution is 0.532. The highest BCUT2D eigenvalue weighted by Gasteiger charge is 2.21. The van der Waals surface area contributed by atoms with Crippen LogP contribution in [-0.4, -0.2) is 7.05 Å². The molecule has 0 fully saturated rings. The van der Waals surface area contributed by atoms with E-state index in [1.54, 1.807) is 32.2 Å². The number of nitrogens with one attached hydrogen (secondary N) is 1. The van der Waals surface area contributed by atoms with Crippen molar-refractivity contribution in [3.63, 3.8) is 0 Å². The molecule has 0 aliphatic carbocycles. The highest BCUT2D eigenvalue weighted by Crippen LogP contribution is 2.30. The Bertz CT molecular complexity index is 643. The average molecular weight is 344 g/mol. The van der Waals surface area contributed by atoms with E-state index in [1.165, 1.54) is 0 Å². The zero-order chi connectivity index (χ0) is 14.9. The monoisotopic (exact) mass is 343 g/mol. The Hall–Kier alpha value is -1.33. The fraction of sp³-hybridized carbons (Fsp3) is 0.200. The zero-order valence-electron chi connectivity index (χ0n) is 11.0. The Morgan fingerprint density at radius 1 is 1.05 bits per heavy atom. The number of rotatable bonds is 3. The average Bonchev–Trinajstić information content (AvgIpc) is 2.41. The largest absolute Gasteiger partial charge is 0.309 e. The molecule has 106 valence electrons. The van der Waals surface area contributed by atoms with Crippen LogP contribution in [0.25, 0.3) is 0 Å². The van der Waals surface area contributed by atoms with Gasteiger partial charge in [0, 0.05) is 11.1 Å². The molecule has 0 saturated carbocycles. The molecule has 0 spiro atoms. The van der Waals surface area contributed by atoms with E-state index in [0.717, 1.165) is 12.1 Å². The molecule has 1 unspecified atom stereocenters. The maximum Gasteiger partial charge on any atom is 0.137 e. The van der Waals surface area contributed by atoms with E-state index in [2.05, 4.69) is 21.2 Å². The van der Waals surface area contributed by atoms with Gasteiger partial charge >= 0.3 is 0 Å². The summed E-state index contributed by atoms with van der Waals surface area (Å²) in [6.45, 7) is 1.63. The third kappa shape index (κ3) is 2.74. The quantitative estimate of drug-likeness (QED) is 0.810. The second-order valence-corrected chi connectivity index (χ2v) is 5.34. The predicted molar refractivity (Wildman–Crippen MR) is 76.1 cm³/mol. The summed E-state index contributed by atoms with van der Waals surface area (Å²) in [5.41, 5.74) is 0.812. The molecule has 2 rings (SSSR count). The summed E-state index contributed by atoms with van der Waals surface area (Å²) in [6, 6.07) is 6.24. The molecule has 0 aromatic heterocycles. The minimum Gasteiger partial charge on any atom is -0.309 e. The van der Waals surface area contributed by atoms with Gasteiger partial charge in [0.25, 0.3) is 0 Å². The van der Waals surface area contributed by atoms with Gasteiger partial charge in [0.2, 0.25) is 0 Å². The maximum atomic E-state index is 14.2. The van der Waals surface area contributed by atoms with E-state index in [1.807, 2.05) is 0 Å². The molecule has 0 aliphatic rings. The Balaban J connectivity index is 2.58. The van der Waals surface area contributed by atoms with E-state index in [0.29, 0.717) is 5.56 Å². The van der Waals surface area contributed by atoms with Crippen LogP contribution in [0.3, 0.4) is 0 Å². The summed E-state index contributed by atoms with van der Waals surface area (Å²) < 4.78 is 41.9. The van der Waals surface area contributed by atoms with Gasteiger partial charge in [-0.3, -0.25) is 0 Å². The molecule has 0 heterocycles. The number of halogens is 4. The Kier molecular flexibility index (Phi) is 4.50. The lowest BCUT2D eigenvalue weighted by atomic mass is 9.96. The highest BCUT2D eigenvalue weighted by atomic mass is 79.9.